The number of aromatic amines is 1. The van der Waals surface area contributed by atoms with E-state index in [2.05, 4.69) is 105 Å². The Balaban J connectivity index is 1.43. The second-order valence-electron chi connectivity index (χ2n) is 10.0. The standard InChI is InChI=1S/C32H28N8/c1-4-10-29-33-25-19-22(32-34-24-13-8-9-14-27(24)39(32)3)15-17-28(25)40(29)26-18-16-23(21-11-6-5-7-12-21)30(20(26)2)31-35-37-38-36-31/h5-9,11-19H,4,10H2,1-3H3,(H,35,36,37,38). The van der Waals surface area contributed by atoms with Gasteiger partial charge in [-0.25, -0.2) is 9.97 Å². The SMILES string of the molecule is CCCc1nc2cc(-c3nc4ccccc4n3C)ccc2n1-c1ccc(-c2ccccc2)c(-c2nn[nH]n2)c1C. The number of fused-ring (bicyclic) bond motifs is 2. The summed E-state index contributed by atoms with van der Waals surface area (Å²) in [4.78, 5) is 10.1. The van der Waals surface area contributed by atoms with Gasteiger partial charge in [-0.05, 0) is 71.6 Å². The Morgan fingerprint density at radius 2 is 1.62 bits per heavy atom. The molecule has 0 fully saturated rings. The largest absolute Gasteiger partial charge is 0.327 e. The molecule has 7 rings (SSSR count). The fourth-order valence-corrected chi connectivity index (χ4v) is 5.69. The summed E-state index contributed by atoms with van der Waals surface area (Å²) in [6, 6.07) is 29.3. The van der Waals surface area contributed by atoms with Gasteiger partial charge >= 0.3 is 0 Å². The molecular formula is C32H28N8. The van der Waals surface area contributed by atoms with Crippen LogP contribution in [0.1, 0.15) is 24.7 Å². The van der Waals surface area contributed by atoms with Gasteiger partial charge in [-0.15, -0.1) is 10.2 Å². The third-order valence-corrected chi connectivity index (χ3v) is 7.57. The Labute approximate surface area is 231 Å². The van der Waals surface area contributed by atoms with E-state index in [1.54, 1.807) is 0 Å². The van der Waals surface area contributed by atoms with Crippen molar-refractivity contribution in [1.29, 1.82) is 0 Å². The predicted molar refractivity (Wildman–Crippen MR) is 158 cm³/mol. The minimum absolute atomic E-state index is 0.573. The molecule has 0 saturated carbocycles. The van der Waals surface area contributed by atoms with Crippen molar-refractivity contribution in [2.24, 2.45) is 7.05 Å². The summed E-state index contributed by atoms with van der Waals surface area (Å²) >= 11 is 0. The van der Waals surface area contributed by atoms with E-state index in [0.717, 1.165) is 80.1 Å². The van der Waals surface area contributed by atoms with Crippen molar-refractivity contribution in [1.82, 2.24) is 39.7 Å². The van der Waals surface area contributed by atoms with Crippen molar-refractivity contribution < 1.29 is 0 Å². The Kier molecular flexibility index (Phi) is 5.73. The van der Waals surface area contributed by atoms with Crippen LogP contribution in [0.4, 0.5) is 0 Å². The summed E-state index contributed by atoms with van der Waals surface area (Å²) in [5.74, 6) is 2.52. The van der Waals surface area contributed by atoms with Crippen LogP contribution in [-0.4, -0.2) is 39.7 Å². The summed E-state index contributed by atoms with van der Waals surface area (Å²) in [5.41, 5.74) is 10.4. The van der Waals surface area contributed by atoms with Gasteiger partial charge in [0.15, 0.2) is 0 Å². The molecule has 3 aromatic heterocycles. The number of H-pyrrole nitrogens is 1. The molecule has 4 aromatic carbocycles. The molecule has 1 N–H and O–H groups in total. The van der Waals surface area contributed by atoms with E-state index < -0.39 is 0 Å². The van der Waals surface area contributed by atoms with E-state index >= 15 is 0 Å². The third-order valence-electron chi connectivity index (χ3n) is 7.57. The van der Waals surface area contributed by atoms with Gasteiger partial charge in [0.05, 0.1) is 27.8 Å². The molecular weight excluding hydrogens is 496 g/mol. The minimum Gasteiger partial charge on any atom is -0.327 e. The number of imidazole rings is 2. The number of tetrazole rings is 1. The number of nitrogens with zero attached hydrogens (tertiary/aromatic N) is 7. The number of aryl methyl sites for hydroxylation is 2. The average molecular weight is 525 g/mol. The zero-order valence-corrected chi connectivity index (χ0v) is 22.6. The molecule has 0 spiro atoms. The number of aromatic nitrogens is 8. The fourth-order valence-electron chi connectivity index (χ4n) is 5.69. The predicted octanol–water partition coefficient (Wildman–Crippen LogP) is 6.69. The molecule has 196 valence electrons. The molecule has 7 aromatic rings. The van der Waals surface area contributed by atoms with E-state index in [1.165, 1.54) is 0 Å². The number of benzene rings is 4. The summed E-state index contributed by atoms with van der Waals surface area (Å²) in [6.07, 6.45) is 1.84. The number of rotatable bonds is 6. The van der Waals surface area contributed by atoms with E-state index in [4.69, 9.17) is 9.97 Å². The molecule has 0 aliphatic rings. The lowest BCUT2D eigenvalue weighted by Crippen LogP contribution is -2.05. The molecule has 0 radical (unpaired) electrons. The maximum Gasteiger partial charge on any atom is 0.205 e. The molecule has 0 aliphatic carbocycles. The molecule has 0 unspecified atom stereocenters. The van der Waals surface area contributed by atoms with Gasteiger partial charge in [-0.1, -0.05) is 55.5 Å². The van der Waals surface area contributed by atoms with Crippen LogP contribution in [0.15, 0.2) is 84.9 Å². The van der Waals surface area contributed by atoms with E-state index in [1.807, 2.05) is 30.3 Å². The highest BCUT2D eigenvalue weighted by atomic mass is 15.5. The molecule has 3 heterocycles. The second kappa shape index (κ2) is 9.57. The Bertz CT molecular complexity index is 1980. The lowest BCUT2D eigenvalue weighted by atomic mass is 9.94. The van der Waals surface area contributed by atoms with Crippen molar-refractivity contribution in [2.45, 2.75) is 26.7 Å². The molecule has 8 heteroatoms. The van der Waals surface area contributed by atoms with Gasteiger partial charge in [0.1, 0.15) is 11.6 Å². The molecule has 0 aliphatic heterocycles. The highest BCUT2D eigenvalue weighted by Crippen LogP contribution is 2.38. The summed E-state index contributed by atoms with van der Waals surface area (Å²) in [7, 11) is 2.06. The van der Waals surface area contributed by atoms with Gasteiger partial charge in [0, 0.05) is 24.6 Å². The lowest BCUT2D eigenvalue weighted by molar-refractivity contribution is 0.816. The summed E-state index contributed by atoms with van der Waals surface area (Å²) < 4.78 is 4.43. The topological polar surface area (TPSA) is 90.1 Å². The number of para-hydroxylation sites is 2. The normalized spacial score (nSPS) is 11.6. The summed E-state index contributed by atoms with van der Waals surface area (Å²) in [5, 5.41) is 15.2. The van der Waals surface area contributed by atoms with Crippen LogP contribution in [0.3, 0.4) is 0 Å². The number of nitrogens with one attached hydrogen (secondary N) is 1. The van der Waals surface area contributed by atoms with Crippen molar-refractivity contribution in [2.75, 3.05) is 0 Å². The van der Waals surface area contributed by atoms with Gasteiger partial charge in [0.2, 0.25) is 5.82 Å². The zero-order chi connectivity index (χ0) is 27.2. The van der Waals surface area contributed by atoms with Crippen LogP contribution < -0.4 is 0 Å². The van der Waals surface area contributed by atoms with Crippen molar-refractivity contribution in [3.8, 4) is 39.6 Å². The van der Waals surface area contributed by atoms with Gasteiger partial charge in [0.25, 0.3) is 0 Å². The third kappa shape index (κ3) is 3.79. The van der Waals surface area contributed by atoms with E-state index in [0.29, 0.717) is 5.82 Å². The lowest BCUT2D eigenvalue weighted by Gasteiger charge is -2.17. The van der Waals surface area contributed by atoms with Crippen molar-refractivity contribution in [3.63, 3.8) is 0 Å². The van der Waals surface area contributed by atoms with Gasteiger partial charge in [-0.3, -0.25) is 4.57 Å². The second-order valence-corrected chi connectivity index (χ2v) is 10.0. The average Bonchev–Trinajstić information content (AvgIpc) is 3.72. The molecule has 0 amide bonds. The Hall–Kier alpha value is -5.11. The Morgan fingerprint density at radius 3 is 2.40 bits per heavy atom. The first-order valence-corrected chi connectivity index (χ1v) is 13.5. The maximum absolute atomic E-state index is 5.14. The maximum atomic E-state index is 5.14. The first-order valence-electron chi connectivity index (χ1n) is 13.5. The number of hydrogen-bond donors (Lipinski definition) is 1. The van der Waals surface area contributed by atoms with Crippen LogP contribution in [0.2, 0.25) is 0 Å². The van der Waals surface area contributed by atoms with Crippen LogP contribution >= 0.6 is 0 Å². The van der Waals surface area contributed by atoms with Gasteiger partial charge < -0.3 is 4.57 Å². The number of hydrogen-bond acceptors (Lipinski definition) is 5. The van der Waals surface area contributed by atoms with Crippen molar-refractivity contribution >= 4 is 22.1 Å². The molecule has 40 heavy (non-hydrogen) atoms. The Morgan fingerprint density at radius 1 is 0.800 bits per heavy atom. The van der Waals surface area contributed by atoms with E-state index in [-0.39, 0.29) is 0 Å². The van der Waals surface area contributed by atoms with Crippen LogP contribution in [0.25, 0.3) is 61.7 Å². The first kappa shape index (κ1) is 24.0. The quantitative estimate of drug-likeness (QED) is 0.262. The zero-order valence-electron chi connectivity index (χ0n) is 22.6. The van der Waals surface area contributed by atoms with Crippen LogP contribution in [0, 0.1) is 6.92 Å². The summed E-state index contributed by atoms with van der Waals surface area (Å²) in [6.45, 7) is 4.31. The molecule has 0 atom stereocenters. The fraction of sp³-hybridized carbons (Fsp3) is 0.156. The monoisotopic (exact) mass is 524 g/mol. The van der Waals surface area contributed by atoms with Crippen molar-refractivity contribution in [3.05, 3.63) is 96.3 Å². The van der Waals surface area contributed by atoms with Crippen LogP contribution in [-0.2, 0) is 13.5 Å². The molecule has 0 saturated heterocycles. The highest BCUT2D eigenvalue weighted by molar-refractivity contribution is 5.89. The minimum atomic E-state index is 0.573. The molecule has 0 bridgehead atoms. The molecule has 8 nitrogen and oxygen atoms in total. The van der Waals surface area contributed by atoms with E-state index in [9.17, 15) is 0 Å². The first-order chi connectivity index (χ1) is 19.6. The smallest absolute Gasteiger partial charge is 0.205 e. The van der Waals surface area contributed by atoms with Crippen LogP contribution in [0.5, 0.6) is 0 Å². The highest BCUT2D eigenvalue weighted by Gasteiger charge is 2.21. The van der Waals surface area contributed by atoms with Gasteiger partial charge in [-0.2, -0.15) is 5.21 Å².